The molecule has 0 spiro atoms. The molecule has 0 aliphatic heterocycles. The number of hydrogen-bond donors (Lipinski definition) is 0. The van der Waals surface area contributed by atoms with Crippen LogP contribution in [-0.2, 0) is 16.4 Å². The van der Waals surface area contributed by atoms with E-state index in [9.17, 15) is 4.79 Å². The Kier molecular flexibility index (Phi) is 9.31. The third kappa shape index (κ3) is 7.56. The van der Waals surface area contributed by atoms with Crippen LogP contribution in [0.25, 0.3) is 11.1 Å². The predicted molar refractivity (Wildman–Crippen MR) is 130 cm³/mol. The molecule has 1 aliphatic rings. The molecule has 2 heteroatoms. The normalized spacial score (nSPS) is 13.8. The maximum atomic E-state index is 10.7. The summed E-state index contributed by atoms with van der Waals surface area (Å²) in [5.41, 5.74) is 5.41. The molecule has 1 nitrogen and oxygen atoms in total. The topological polar surface area (TPSA) is 17.1 Å². The summed E-state index contributed by atoms with van der Waals surface area (Å²) in [6.45, 7) is 10.1. The summed E-state index contributed by atoms with van der Waals surface area (Å²) in [5, 5.41) is 0.141. The molecular weight excluding hydrogens is 371 g/mol. The van der Waals surface area contributed by atoms with Gasteiger partial charge in [-0.2, -0.15) is 0 Å². The van der Waals surface area contributed by atoms with Crippen LogP contribution in [-0.4, -0.2) is 5.78 Å². The zero-order valence-electron chi connectivity index (χ0n) is 18.4. The zero-order chi connectivity index (χ0) is 21.3. The smallest absolute Gasteiger partial charge is 0.158 e. The molecule has 2 aromatic rings. The van der Waals surface area contributed by atoms with Crippen molar-refractivity contribution in [2.75, 3.05) is 0 Å². The Morgan fingerprint density at radius 2 is 1.59 bits per heavy atom. The van der Waals surface area contributed by atoms with Gasteiger partial charge in [-0.3, -0.25) is 4.79 Å². The first-order chi connectivity index (χ1) is 13.8. The second-order valence-corrected chi connectivity index (χ2v) is 10.1. The van der Waals surface area contributed by atoms with Crippen LogP contribution >= 0.6 is 9.24 Å². The van der Waals surface area contributed by atoms with Crippen LogP contribution in [0.2, 0.25) is 0 Å². The zero-order valence-corrected chi connectivity index (χ0v) is 19.6. The molecule has 0 radical (unpaired) electrons. The molecule has 1 aliphatic carbocycles. The first kappa shape index (κ1) is 23.6. The quantitative estimate of drug-likeness (QED) is 0.248. The van der Waals surface area contributed by atoms with Gasteiger partial charge in [-0.1, -0.05) is 95.1 Å². The van der Waals surface area contributed by atoms with E-state index in [4.69, 9.17) is 0 Å². The molecule has 1 unspecified atom stereocenters. The lowest BCUT2D eigenvalue weighted by Gasteiger charge is -2.21. The maximum absolute atomic E-state index is 10.7. The molecule has 1 atom stereocenters. The van der Waals surface area contributed by atoms with E-state index in [0.717, 1.165) is 12.8 Å². The predicted octanol–water partition coefficient (Wildman–Crippen LogP) is 7.74. The van der Waals surface area contributed by atoms with Gasteiger partial charge >= 0.3 is 0 Å². The Morgan fingerprint density at radius 1 is 1.03 bits per heavy atom. The third-order valence-electron chi connectivity index (χ3n) is 5.69. The van der Waals surface area contributed by atoms with E-state index < -0.39 is 0 Å². The van der Waals surface area contributed by atoms with Gasteiger partial charge in [0, 0.05) is 11.1 Å². The van der Waals surface area contributed by atoms with Crippen LogP contribution in [0.3, 0.4) is 0 Å². The van der Waals surface area contributed by atoms with E-state index in [1.165, 1.54) is 60.4 Å². The number of allylic oxidation sites excluding steroid dienone is 1. The minimum atomic E-state index is 0.141. The first-order valence-electron chi connectivity index (χ1n) is 11.0. The second kappa shape index (κ2) is 11.5. The lowest BCUT2D eigenvalue weighted by molar-refractivity contribution is -0.120. The van der Waals surface area contributed by atoms with Crippen molar-refractivity contribution >= 4 is 15.0 Å². The van der Waals surface area contributed by atoms with E-state index in [0.29, 0.717) is 5.92 Å². The molecule has 0 N–H and O–H groups in total. The lowest BCUT2D eigenvalue weighted by Crippen LogP contribution is -2.19. The Balaban J connectivity index is 0.000000313. The molecule has 3 rings (SSSR count). The van der Waals surface area contributed by atoms with Crippen molar-refractivity contribution < 1.29 is 4.79 Å². The van der Waals surface area contributed by atoms with Crippen LogP contribution in [0.5, 0.6) is 0 Å². The molecule has 0 amide bonds. The molecule has 0 aromatic heterocycles. The summed E-state index contributed by atoms with van der Waals surface area (Å²) in [7, 11) is 2.90. The molecule has 2 aromatic carbocycles. The van der Waals surface area contributed by atoms with Crippen LogP contribution < -0.4 is 0 Å². The van der Waals surface area contributed by atoms with Gasteiger partial charge in [-0.15, -0.1) is 9.24 Å². The van der Waals surface area contributed by atoms with E-state index >= 15 is 0 Å². The van der Waals surface area contributed by atoms with Gasteiger partial charge < -0.3 is 0 Å². The van der Waals surface area contributed by atoms with Crippen molar-refractivity contribution in [2.24, 2.45) is 5.92 Å². The number of benzene rings is 2. The van der Waals surface area contributed by atoms with E-state index in [-0.39, 0.29) is 10.9 Å². The van der Waals surface area contributed by atoms with Crippen LogP contribution in [0, 0.1) is 5.92 Å². The van der Waals surface area contributed by atoms with Crippen molar-refractivity contribution in [1.29, 1.82) is 0 Å². The van der Waals surface area contributed by atoms with Crippen molar-refractivity contribution in [3.8, 4) is 11.1 Å². The summed E-state index contributed by atoms with van der Waals surface area (Å²) in [4.78, 5) is 10.7. The minimum absolute atomic E-state index is 0.141. The van der Waals surface area contributed by atoms with Gasteiger partial charge in [0.05, 0.1) is 0 Å². The number of unbranched alkanes of at least 4 members (excludes halogenated alkanes) is 2. The van der Waals surface area contributed by atoms with E-state index in [2.05, 4.69) is 85.1 Å². The Hall–Kier alpha value is -1.72. The van der Waals surface area contributed by atoms with Gasteiger partial charge in [0.25, 0.3) is 0 Å². The van der Waals surface area contributed by atoms with E-state index in [1.807, 2.05) is 0 Å². The second-order valence-electron chi connectivity index (χ2n) is 8.69. The molecule has 156 valence electrons. The highest BCUT2D eigenvalue weighted by atomic mass is 31.0. The number of carbonyl (C=O) groups excluding carboxylic acids is 1. The van der Waals surface area contributed by atoms with Crippen molar-refractivity contribution in [2.45, 2.75) is 70.9 Å². The largest absolute Gasteiger partial charge is 0.295 e. The van der Waals surface area contributed by atoms with Crippen LogP contribution in [0.15, 0.2) is 61.2 Å². The molecule has 0 bridgehead atoms. The fraction of sp³-hybridized carbons (Fsp3) is 0.444. The molecule has 29 heavy (non-hydrogen) atoms. The number of hydrogen-bond acceptors (Lipinski definition) is 1. The highest BCUT2D eigenvalue weighted by molar-refractivity contribution is 7.18. The summed E-state index contributed by atoms with van der Waals surface area (Å²) >= 11 is 0. The minimum Gasteiger partial charge on any atom is -0.295 e. The van der Waals surface area contributed by atoms with Crippen molar-refractivity contribution in [3.05, 3.63) is 72.3 Å². The Bertz CT molecular complexity index is 762. The van der Waals surface area contributed by atoms with Crippen LogP contribution in [0.4, 0.5) is 0 Å². The average Bonchev–Trinajstić information content (AvgIpc) is 2.67. The number of aryl methyl sites for hydroxylation is 1. The highest BCUT2D eigenvalue weighted by Crippen LogP contribution is 2.31. The van der Waals surface area contributed by atoms with Gasteiger partial charge in [0.1, 0.15) is 0 Å². The van der Waals surface area contributed by atoms with Gasteiger partial charge in [-0.25, -0.2) is 0 Å². The summed E-state index contributed by atoms with van der Waals surface area (Å²) in [5.74, 6) is 0.573. The van der Waals surface area contributed by atoms with E-state index in [1.54, 1.807) is 0 Å². The summed E-state index contributed by atoms with van der Waals surface area (Å²) in [6, 6.07) is 18.0. The van der Waals surface area contributed by atoms with Crippen LogP contribution in [0.1, 0.15) is 70.4 Å². The summed E-state index contributed by atoms with van der Waals surface area (Å²) in [6.07, 6.45) is 9.95. The fourth-order valence-electron chi connectivity index (χ4n) is 3.39. The number of carbonyl (C=O) groups is 1. The molecular formula is C27H37OP. The fourth-order valence-corrected chi connectivity index (χ4v) is 3.59. The standard InChI is InChI=1S/C20H27P.C7H10O/c1-4-5-6-7-16-8-10-17(11-9-16)18-12-14-19(15-13-18)20(2,3)21;1-2-7(8)6-4-3-5-6/h8-15H,4-7,21H2,1-3H3;2,6H,1,3-5H2. The Morgan fingerprint density at radius 3 is 1.97 bits per heavy atom. The van der Waals surface area contributed by atoms with Gasteiger partial charge in [0.2, 0.25) is 0 Å². The third-order valence-corrected chi connectivity index (χ3v) is 6.03. The van der Waals surface area contributed by atoms with Crippen molar-refractivity contribution in [1.82, 2.24) is 0 Å². The lowest BCUT2D eigenvalue weighted by atomic mass is 9.82. The molecule has 0 saturated heterocycles. The first-order valence-corrected chi connectivity index (χ1v) is 11.6. The number of rotatable bonds is 8. The average molecular weight is 409 g/mol. The number of ketones is 1. The van der Waals surface area contributed by atoms with Crippen molar-refractivity contribution in [3.63, 3.8) is 0 Å². The maximum Gasteiger partial charge on any atom is 0.158 e. The monoisotopic (exact) mass is 408 g/mol. The molecule has 1 saturated carbocycles. The Labute approximate surface area is 180 Å². The molecule has 1 fully saturated rings. The van der Waals surface area contributed by atoms with Gasteiger partial charge in [0.15, 0.2) is 5.78 Å². The SMILES string of the molecule is C=CC(=O)C1CCC1.CCCCCc1ccc(-c2ccc(C(C)(C)P)cc2)cc1. The summed E-state index contributed by atoms with van der Waals surface area (Å²) < 4.78 is 0. The van der Waals surface area contributed by atoms with Gasteiger partial charge in [-0.05, 0) is 54.0 Å². The highest BCUT2D eigenvalue weighted by Gasteiger charge is 2.22. The molecule has 0 heterocycles.